The summed E-state index contributed by atoms with van der Waals surface area (Å²) in [4.78, 5) is 15.2. The molecule has 5 nitrogen and oxygen atoms in total. The van der Waals surface area contributed by atoms with Crippen molar-refractivity contribution in [1.29, 1.82) is 0 Å². The molecule has 5 heteroatoms. The molecule has 146 valence electrons. The zero-order valence-electron chi connectivity index (χ0n) is 16.4. The van der Waals surface area contributed by atoms with Crippen LogP contribution < -0.4 is 10.1 Å². The van der Waals surface area contributed by atoms with Crippen molar-refractivity contribution in [3.05, 3.63) is 65.4 Å². The van der Waals surface area contributed by atoms with Crippen molar-refractivity contribution in [2.75, 3.05) is 20.1 Å². The minimum Gasteiger partial charge on any atom is -0.489 e. The number of amides is 1. The number of rotatable bonds is 5. The van der Waals surface area contributed by atoms with E-state index >= 15 is 0 Å². The fraction of sp³-hybridized carbons (Fsp3) is 0.348. The van der Waals surface area contributed by atoms with Gasteiger partial charge in [-0.05, 0) is 63.7 Å². The number of hydrogen-bond donors (Lipinski definition) is 1. The summed E-state index contributed by atoms with van der Waals surface area (Å²) in [5.41, 5.74) is 2.42. The number of fused-ring (bicyclic) bond motifs is 1. The second-order valence-corrected chi connectivity index (χ2v) is 7.52. The summed E-state index contributed by atoms with van der Waals surface area (Å²) in [6.07, 6.45) is 1.95. The fourth-order valence-electron chi connectivity index (χ4n) is 3.72. The maximum absolute atomic E-state index is 13.0. The second-order valence-electron chi connectivity index (χ2n) is 7.52. The summed E-state index contributed by atoms with van der Waals surface area (Å²) in [7, 11) is 2.11. The van der Waals surface area contributed by atoms with E-state index in [1.807, 2.05) is 55.5 Å². The van der Waals surface area contributed by atoms with Crippen LogP contribution in [0.3, 0.4) is 0 Å². The number of aryl methyl sites for hydroxylation is 1. The summed E-state index contributed by atoms with van der Waals surface area (Å²) < 4.78 is 11.7. The van der Waals surface area contributed by atoms with Gasteiger partial charge in [-0.3, -0.25) is 4.79 Å². The Balaban J connectivity index is 1.52. The molecule has 3 aromatic rings. The quantitative estimate of drug-likeness (QED) is 0.725. The molecule has 1 amide bonds. The van der Waals surface area contributed by atoms with Gasteiger partial charge in [-0.15, -0.1) is 0 Å². The number of piperidine rings is 1. The summed E-state index contributed by atoms with van der Waals surface area (Å²) >= 11 is 0. The summed E-state index contributed by atoms with van der Waals surface area (Å²) in [6.45, 7) is 4.34. The molecule has 28 heavy (non-hydrogen) atoms. The molecule has 1 N–H and O–H groups in total. The Kier molecular flexibility index (Phi) is 5.35. The van der Waals surface area contributed by atoms with Gasteiger partial charge >= 0.3 is 0 Å². The van der Waals surface area contributed by atoms with Gasteiger partial charge in [0.1, 0.15) is 23.7 Å². The van der Waals surface area contributed by atoms with E-state index in [2.05, 4.69) is 17.3 Å². The molecule has 2 aromatic carbocycles. The molecule has 2 heterocycles. The molecule has 0 aliphatic carbocycles. The highest BCUT2D eigenvalue weighted by Crippen LogP contribution is 2.29. The number of nitrogens with one attached hydrogen (secondary N) is 1. The zero-order valence-corrected chi connectivity index (χ0v) is 16.4. The van der Waals surface area contributed by atoms with Crippen molar-refractivity contribution in [3.8, 4) is 5.75 Å². The lowest BCUT2D eigenvalue weighted by Crippen LogP contribution is -2.43. The predicted octanol–water partition coefficient (Wildman–Crippen LogP) is 4.14. The first-order valence-electron chi connectivity index (χ1n) is 9.79. The molecule has 1 aromatic heterocycles. The third-order valence-corrected chi connectivity index (χ3v) is 5.36. The molecule has 1 aliphatic heterocycles. The summed E-state index contributed by atoms with van der Waals surface area (Å²) in [5.74, 6) is 1.30. The molecular weight excluding hydrogens is 352 g/mol. The molecule has 0 spiro atoms. The average molecular weight is 378 g/mol. The maximum Gasteiger partial charge on any atom is 0.255 e. The molecule has 1 aliphatic rings. The van der Waals surface area contributed by atoms with E-state index in [0.29, 0.717) is 23.5 Å². The summed E-state index contributed by atoms with van der Waals surface area (Å²) in [6, 6.07) is 15.9. The number of ether oxygens (including phenoxy) is 1. The number of carbonyl (C=O) groups is 1. The second kappa shape index (κ2) is 8.07. The number of nitrogens with zero attached hydrogens (tertiary/aromatic N) is 1. The molecule has 1 saturated heterocycles. The SMILES string of the molecule is Cc1oc2ccc(OCc3ccccc3)cc2c1C(=O)NC1CCN(C)CC1. The number of carbonyl (C=O) groups excluding carboxylic acids is 1. The van der Waals surface area contributed by atoms with Crippen LogP contribution >= 0.6 is 0 Å². The number of hydrogen-bond acceptors (Lipinski definition) is 4. The van der Waals surface area contributed by atoms with Gasteiger partial charge in [-0.25, -0.2) is 0 Å². The van der Waals surface area contributed by atoms with Gasteiger partial charge in [-0.2, -0.15) is 0 Å². The van der Waals surface area contributed by atoms with Gasteiger partial charge in [0, 0.05) is 11.4 Å². The number of likely N-dealkylation sites (tertiary alicyclic amines) is 1. The normalized spacial score (nSPS) is 15.6. The van der Waals surface area contributed by atoms with Crippen LogP contribution in [-0.4, -0.2) is 37.0 Å². The van der Waals surface area contributed by atoms with Crippen molar-refractivity contribution in [2.24, 2.45) is 0 Å². The fourth-order valence-corrected chi connectivity index (χ4v) is 3.72. The smallest absolute Gasteiger partial charge is 0.255 e. The van der Waals surface area contributed by atoms with Crippen LogP contribution in [0.25, 0.3) is 11.0 Å². The van der Waals surface area contributed by atoms with Crippen LogP contribution in [0, 0.1) is 6.92 Å². The molecule has 0 atom stereocenters. The molecule has 0 saturated carbocycles. The highest BCUT2D eigenvalue weighted by atomic mass is 16.5. The minimum atomic E-state index is -0.0639. The molecule has 0 radical (unpaired) electrons. The van der Waals surface area contributed by atoms with E-state index < -0.39 is 0 Å². The third kappa shape index (κ3) is 4.04. The van der Waals surface area contributed by atoms with Gasteiger partial charge in [0.15, 0.2) is 0 Å². The van der Waals surface area contributed by atoms with Crippen LogP contribution in [-0.2, 0) is 6.61 Å². The van der Waals surface area contributed by atoms with Crippen LogP contribution in [0.2, 0.25) is 0 Å². The Morgan fingerprint density at radius 2 is 1.93 bits per heavy atom. The monoisotopic (exact) mass is 378 g/mol. The first-order valence-corrected chi connectivity index (χ1v) is 9.79. The van der Waals surface area contributed by atoms with Gasteiger partial charge in [-0.1, -0.05) is 30.3 Å². The predicted molar refractivity (Wildman–Crippen MR) is 110 cm³/mol. The standard InChI is InChI=1S/C23H26N2O3/c1-16-22(23(26)24-18-10-12-25(2)13-11-18)20-14-19(8-9-21(20)28-16)27-15-17-6-4-3-5-7-17/h3-9,14,18H,10-13,15H2,1-2H3,(H,24,26). The van der Waals surface area contributed by atoms with Crippen LogP contribution in [0.5, 0.6) is 5.75 Å². The molecule has 0 bridgehead atoms. The van der Waals surface area contributed by atoms with Crippen LogP contribution in [0.1, 0.15) is 34.5 Å². The molecular formula is C23H26N2O3. The largest absolute Gasteiger partial charge is 0.489 e. The lowest BCUT2D eigenvalue weighted by atomic mass is 10.0. The van der Waals surface area contributed by atoms with E-state index in [-0.39, 0.29) is 11.9 Å². The Morgan fingerprint density at radius 3 is 2.68 bits per heavy atom. The van der Waals surface area contributed by atoms with E-state index in [4.69, 9.17) is 9.15 Å². The highest BCUT2D eigenvalue weighted by molar-refractivity contribution is 6.07. The van der Waals surface area contributed by atoms with Crippen molar-refractivity contribution >= 4 is 16.9 Å². The van der Waals surface area contributed by atoms with E-state index in [0.717, 1.165) is 42.6 Å². The van der Waals surface area contributed by atoms with Crippen molar-refractivity contribution in [1.82, 2.24) is 10.2 Å². The van der Waals surface area contributed by atoms with Crippen molar-refractivity contribution < 1.29 is 13.9 Å². The Hall–Kier alpha value is -2.79. The van der Waals surface area contributed by atoms with Crippen LogP contribution in [0.4, 0.5) is 0 Å². The van der Waals surface area contributed by atoms with Gasteiger partial charge in [0.05, 0.1) is 5.56 Å². The number of furan rings is 1. The van der Waals surface area contributed by atoms with E-state index in [1.165, 1.54) is 0 Å². The third-order valence-electron chi connectivity index (χ3n) is 5.36. The highest BCUT2D eigenvalue weighted by Gasteiger charge is 2.23. The van der Waals surface area contributed by atoms with Gasteiger partial charge < -0.3 is 19.4 Å². The van der Waals surface area contributed by atoms with E-state index in [9.17, 15) is 4.79 Å². The molecule has 4 rings (SSSR count). The first kappa shape index (κ1) is 18.6. The maximum atomic E-state index is 13.0. The summed E-state index contributed by atoms with van der Waals surface area (Å²) in [5, 5.41) is 3.99. The Labute approximate surface area is 165 Å². The van der Waals surface area contributed by atoms with Crippen molar-refractivity contribution in [2.45, 2.75) is 32.4 Å². The Morgan fingerprint density at radius 1 is 1.18 bits per heavy atom. The van der Waals surface area contributed by atoms with Crippen LogP contribution in [0.15, 0.2) is 52.9 Å². The lowest BCUT2D eigenvalue weighted by Gasteiger charge is -2.29. The zero-order chi connectivity index (χ0) is 19.5. The molecule has 0 unspecified atom stereocenters. The van der Waals surface area contributed by atoms with Gasteiger partial charge in [0.25, 0.3) is 5.91 Å². The molecule has 1 fully saturated rings. The van der Waals surface area contributed by atoms with E-state index in [1.54, 1.807) is 0 Å². The first-order chi connectivity index (χ1) is 13.6. The number of benzene rings is 2. The average Bonchev–Trinajstić information content (AvgIpc) is 3.04. The van der Waals surface area contributed by atoms with Crippen molar-refractivity contribution in [3.63, 3.8) is 0 Å². The van der Waals surface area contributed by atoms with Gasteiger partial charge in [0.2, 0.25) is 0 Å². The minimum absolute atomic E-state index is 0.0639. The Bertz CT molecular complexity index is 957. The topological polar surface area (TPSA) is 54.7 Å². The lowest BCUT2D eigenvalue weighted by molar-refractivity contribution is 0.0917.